The standard InChI is InChI=1S/C21H22BrN3O4/c22-19-12-17(29-24-19)13-25(21(27)28-14-16-9-5-2-6-10-16)20(26)18(23)11-15-7-3-1-4-8-15/h1-10,17-18H,11-14,23H2/t17?,18-/m0/s1. The summed E-state index contributed by atoms with van der Waals surface area (Å²) in [5.41, 5.74) is 7.85. The lowest BCUT2D eigenvalue weighted by Gasteiger charge is -2.25. The number of oxime groups is 1. The molecule has 0 spiro atoms. The van der Waals surface area contributed by atoms with Gasteiger partial charge >= 0.3 is 6.09 Å². The molecule has 0 radical (unpaired) electrons. The summed E-state index contributed by atoms with van der Waals surface area (Å²) in [5.74, 6) is -0.515. The van der Waals surface area contributed by atoms with Crippen molar-refractivity contribution in [1.82, 2.24) is 4.90 Å². The maximum Gasteiger partial charge on any atom is 0.417 e. The molecule has 0 saturated heterocycles. The number of ether oxygens (including phenoxy) is 1. The molecule has 2 aromatic carbocycles. The molecule has 1 aliphatic rings. The van der Waals surface area contributed by atoms with Crippen molar-refractivity contribution in [2.45, 2.75) is 31.6 Å². The van der Waals surface area contributed by atoms with Crippen LogP contribution in [-0.2, 0) is 27.4 Å². The Labute approximate surface area is 177 Å². The van der Waals surface area contributed by atoms with Gasteiger partial charge in [0.1, 0.15) is 11.2 Å². The van der Waals surface area contributed by atoms with Gasteiger partial charge in [-0.1, -0.05) is 65.8 Å². The quantitative estimate of drug-likeness (QED) is 0.685. The van der Waals surface area contributed by atoms with Crippen LogP contribution in [0.1, 0.15) is 17.5 Å². The number of rotatable bonds is 7. The fraction of sp³-hybridized carbons (Fsp3) is 0.286. The Morgan fingerprint density at radius 1 is 1.14 bits per heavy atom. The molecule has 29 heavy (non-hydrogen) atoms. The van der Waals surface area contributed by atoms with Gasteiger partial charge in [-0.3, -0.25) is 4.79 Å². The maximum atomic E-state index is 13.0. The van der Waals surface area contributed by atoms with Gasteiger partial charge in [0.2, 0.25) is 5.91 Å². The second-order valence-electron chi connectivity index (χ2n) is 6.68. The Morgan fingerprint density at radius 2 is 1.76 bits per heavy atom. The highest BCUT2D eigenvalue weighted by atomic mass is 79.9. The first-order valence-corrected chi connectivity index (χ1v) is 10.0. The van der Waals surface area contributed by atoms with Gasteiger partial charge in [0.25, 0.3) is 0 Å². The lowest BCUT2D eigenvalue weighted by atomic mass is 10.1. The van der Waals surface area contributed by atoms with E-state index in [0.29, 0.717) is 17.5 Å². The lowest BCUT2D eigenvalue weighted by Crippen LogP contribution is -2.50. The monoisotopic (exact) mass is 459 g/mol. The third kappa shape index (κ3) is 6.13. The number of imide groups is 1. The van der Waals surface area contributed by atoms with Crippen molar-refractivity contribution >= 4 is 32.6 Å². The van der Waals surface area contributed by atoms with E-state index in [2.05, 4.69) is 21.1 Å². The van der Waals surface area contributed by atoms with E-state index >= 15 is 0 Å². The number of benzene rings is 2. The molecule has 2 amide bonds. The summed E-state index contributed by atoms with van der Waals surface area (Å²) in [4.78, 5) is 31.9. The van der Waals surface area contributed by atoms with E-state index in [0.717, 1.165) is 16.0 Å². The number of hydrogen-bond acceptors (Lipinski definition) is 6. The van der Waals surface area contributed by atoms with E-state index in [4.69, 9.17) is 15.3 Å². The topological polar surface area (TPSA) is 94.2 Å². The first-order valence-electron chi connectivity index (χ1n) is 9.22. The fourth-order valence-corrected chi connectivity index (χ4v) is 3.35. The summed E-state index contributed by atoms with van der Waals surface area (Å²) in [6.07, 6.45) is -0.423. The van der Waals surface area contributed by atoms with Crippen LogP contribution in [0.25, 0.3) is 0 Å². The average molecular weight is 460 g/mol. The van der Waals surface area contributed by atoms with Gasteiger partial charge in [0.05, 0.1) is 12.6 Å². The van der Waals surface area contributed by atoms with E-state index in [1.807, 2.05) is 60.7 Å². The third-order valence-corrected chi connectivity index (χ3v) is 4.86. The first-order chi connectivity index (χ1) is 14.0. The summed E-state index contributed by atoms with van der Waals surface area (Å²) in [5, 5.41) is 3.81. The average Bonchev–Trinajstić information content (AvgIpc) is 3.16. The highest BCUT2D eigenvalue weighted by Gasteiger charge is 2.33. The molecule has 2 aromatic rings. The number of nitrogens with zero attached hydrogens (tertiary/aromatic N) is 2. The zero-order valence-corrected chi connectivity index (χ0v) is 17.3. The van der Waals surface area contributed by atoms with Crippen molar-refractivity contribution in [2.75, 3.05) is 6.54 Å². The summed E-state index contributed by atoms with van der Waals surface area (Å²) in [7, 11) is 0. The Morgan fingerprint density at radius 3 is 2.34 bits per heavy atom. The van der Waals surface area contributed by atoms with Gasteiger partial charge < -0.3 is 15.3 Å². The number of carbonyl (C=O) groups excluding carboxylic acids is 2. The van der Waals surface area contributed by atoms with Crippen molar-refractivity contribution in [1.29, 1.82) is 0 Å². The van der Waals surface area contributed by atoms with Crippen molar-refractivity contribution in [3.63, 3.8) is 0 Å². The Hall–Kier alpha value is -2.71. The molecular weight excluding hydrogens is 438 g/mol. The van der Waals surface area contributed by atoms with Crippen LogP contribution in [0, 0.1) is 0 Å². The normalized spacial score (nSPS) is 16.5. The molecule has 8 heteroatoms. The van der Waals surface area contributed by atoms with Gasteiger partial charge in [-0.25, -0.2) is 9.69 Å². The zero-order valence-electron chi connectivity index (χ0n) is 15.7. The van der Waals surface area contributed by atoms with E-state index in [1.54, 1.807) is 0 Å². The lowest BCUT2D eigenvalue weighted by molar-refractivity contribution is -0.132. The van der Waals surface area contributed by atoms with Crippen LogP contribution in [0.2, 0.25) is 0 Å². The molecule has 1 aliphatic heterocycles. The van der Waals surface area contributed by atoms with Crippen LogP contribution in [0.3, 0.4) is 0 Å². The number of carbonyl (C=O) groups is 2. The van der Waals surface area contributed by atoms with Crippen molar-refractivity contribution in [3.8, 4) is 0 Å². The minimum absolute atomic E-state index is 0.00749. The highest BCUT2D eigenvalue weighted by Crippen LogP contribution is 2.17. The maximum absolute atomic E-state index is 13.0. The minimum atomic E-state index is -0.882. The van der Waals surface area contributed by atoms with Crippen molar-refractivity contribution in [3.05, 3.63) is 71.8 Å². The number of amides is 2. The SMILES string of the molecule is N[C@@H](Cc1ccccc1)C(=O)N(CC1CC(Br)=NO1)C(=O)OCc1ccccc1. The fourth-order valence-electron chi connectivity index (χ4n) is 2.90. The minimum Gasteiger partial charge on any atom is -0.444 e. The van der Waals surface area contributed by atoms with Crippen LogP contribution in [-0.4, -0.2) is 40.2 Å². The molecule has 0 saturated carbocycles. The predicted molar refractivity (Wildman–Crippen MR) is 112 cm³/mol. The Kier molecular flexibility index (Phi) is 7.37. The third-order valence-electron chi connectivity index (χ3n) is 4.39. The van der Waals surface area contributed by atoms with Crippen LogP contribution in [0.5, 0.6) is 0 Å². The molecule has 2 N–H and O–H groups in total. The van der Waals surface area contributed by atoms with Gasteiger partial charge in [-0.05, 0) is 33.5 Å². The Balaban J connectivity index is 1.67. The first kappa shape index (κ1) is 21.0. The molecule has 0 fully saturated rings. The number of halogens is 1. The molecule has 152 valence electrons. The number of hydrogen-bond donors (Lipinski definition) is 1. The summed E-state index contributed by atoms with van der Waals surface area (Å²) < 4.78 is 5.98. The van der Waals surface area contributed by atoms with Gasteiger partial charge in [-0.15, -0.1) is 0 Å². The smallest absolute Gasteiger partial charge is 0.417 e. The van der Waals surface area contributed by atoms with E-state index in [1.165, 1.54) is 0 Å². The predicted octanol–water partition coefficient (Wildman–Crippen LogP) is 3.22. The van der Waals surface area contributed by atoms with Gasteiger partial charge in [-0.2, -0.15) is 0 Å². The van der Waals surface area contributed by atoms with Crippen LogP contribution < -0.4 is 5.73 Å². The van der Waals surface area contributed by atoms with Crippen LogP contribution >= 0.6 is 15.9 Å². The molecule has 0 aromatic heterocycles. The van der Waals surface area contributed by atoms with Gasteiger partial charge in [0, 0.05) is 6.42 Å². The molecule has 1 unspecified atom stereocenters. The van der Waals surface area contributed by atoms with Crippen LogP contribution in [0.15, 0.2) is 65.8 Å². The molecule has 0 aliphatic carbocycles. The summed E-state index contributed by atoms with van der Waals surface area (Å²) >= 11 is 3.26. The zero-order chi connectivity index (χ0) is 20.6. The molecule has 2 atom stereocenters. The van der Waals surface area contributed by atoms with E-state index in [9.17, 15) is 9.59 Å². The van der Waals surface area contributed by atoms with E-state index < -0.39 is 24.1 Å². The van der Waals surface area contributed by atoms with Crippen molar-refractivity contribution in [2.24, 2.45) is 10.9 Å². The molecular formula is C21H22BrN3O4. The molecule has 7 nitrogen and oxygen atoms in total. The van der Waals surface area contributed by atoms with Gasteiger partial charge in [0.15, 0.2) is 6.10 Å². The number of nitrogens with two attached hydrogens (primary N) is 1. The van der Waals surface area contributed by atoms with E-state index in [-0.39, 0.29) is 13.2 Å². The van der Waals surface area contributed by atoms with Crippen molar-refractivity contribution < 1.29 is 19.2 Å². The second kappa shape index (κ2) is 10.2. The highest BCUT2D eigenvalue weighted by molar-refractivity contribution is 9.18. The molecule has 0 bridgehead atoms. The Bertz CT molecular complexity index is 861. The largest absolute Gasteiger partial charge is 0.444 e. The molecule has 1 heterocycles. The summed E-state index contributed by atoms with van der Waals surface area (Å²) in [6, 6.07) is 17.8. The van der Waals surface area contributed by atoms with Crippen LogP contribution in [0.4, 0.5) is 4.79 Å². The summed E-state index contributed by atoms with van der Waals surface area (Å²) in [6.45, 7) is 0.0661. The molecule has 3 rings (SSSR count). The second-order valence-corrected chi connectivity index (χ2v) is 7.60.